The molecule has 1 fully saturated rings. The van der Waals surface area contributed by atoms with Gasteiger partial charge in [-0.15, -0.1) is 0 Å². The first-order chi connectivity index (χ1) is 8.74. The van der Waals surface area contributed by atoms with Crippen molar-refractivity contribution >= 4 is 28.5 Å². The highest BCUT2D eigenvalue weighted by atomic mass is 32.2. The Morgan fingerprint density at radius 2 is 1.67 bits per heavy atom. The second-order valence-electron chi connectivity index (χ2n) is 4.24. The number of anilines is 1. The van der Waals surface area contributed by atoms with Crippen molar-refractivity contribution in [1.82, 2.24) is 9.97 Å². The molecule has 0 bridgehead atoms. The van der Waals surface area contributed by atoms with Crippen LogP contribution in [0.5, 0.6) is 0 Å². The SMILES string of the molecule is O=c1[nH]c2ccc(N3CCSCC3)cc2[nH]c1=O. The number of benzene rings is 1. The lowest BCUT2D eigenvalue weighted by Crippen LogP contribution is -2.32. The van der Waals surface area contributed by atoms with Crippen LogP contribution in [-0.4, -0.2) is 34.6 Å². The minimum atomic E-state index is -0.607. The first-order valence-electron chi connectivity index (χ1n) is 5.83. The van der Waals surface area contributed by atoms with Gasteiger partial charge in [0.25, 0.3) is 0 Å². The van der Waals surface area contributed by atoms with Gasteiger partial charge >= 0.3 is 11.1 Å². The predicted octanol–water partition coefficient (Wildman–Crippen LogP) is 0.770. The van der Waals surface area contributed by atoms with Gasteiger partial charge in [0.05, 0.1) is 11.0 Å². The number of hydrogen-bond donors (Lipinski definition) is 2. The van der Waals surface area contributed by atoms with Crippen LogP contribution in [0.4, 0.5) is 5.69 Å². The zero-order valence-corrected chi connectivity index (χ0v) is 10.5. The summed E-state index contributed by atoms with van der Waals surface area (Å²) >= 11 is 1.95. The summed E-state index contributed by atoms with van der Waals surface area (Å²) in [6, 6.07) is 5.74. The van der Waals surface area contributed by atoms with Crippen LogP contribution in [0.25, 0.3) is 11.0 Å². The molecule has 94 valence electrons. The zero-order chi connectivity index (χ0) is 12.5. The van der Waals surface area contributed by atoms with Crippen molar-refractivity contribution in [3.63, 3.8) is 0 Å². The number of fused-ring (bicyclic) bond motifs is 1. The molecular weight excluding hydrogens is 250 g/mol. The van der Waals surface area contributed by atoms with Crippen LogP contribution >= 0.6 is 11.8 Å². The van der Waals surface area contributed by atoms with Gasteiger partial charge in [-0.1, -0.05) is 0 Å². The van der Waals surface area contributed by atoms with Gasteiger partial charge in [0.1, 0.15) is 0 Å². The molecule has 1 aliphatic heterocycles. The van der Waals surface area contributed by atoms with E-state index in [0.29, 0.717) is 11.0 Å². The summed E-state index contributed by atoms with van der Waals surface area (Å²) in [5, 5.41) is 0. The van der Waals surface area contributed by atoms with E-state index >= 15 is 0 Å². The van der Waals surface area contributed by atoms with E-state index in [1.165, 1.54) is 0 Å². The van der Waals surface area contributed by atoms with Crippen molar-refractivity contribution in [1.29, 1.82) is 0 Å². The average Bonchev–Trinajstić information content (AvgIpc) is 2.41. The lowest BCUT2D eigenvalue weighted by atomic mass is 10.2. The molecule has 1 saturated heterocycles. The molecule has 2 heterocycles. The molecule has 1 aliphatic rings. The van der Waals surface area contributed by atoms with E-state index < -0.39 is 11.1 Å². The molecule has 5 nitrogen and oxygen atoms in total. The largest absolute Gasteiger partial charge is 0.370 e. The van der Waals surface area contributed by atoms with E-state index in [4.69, 9.17) is 0 Å². The fourth-order valence-electron chi connectivity index (χ4n) is 2.12. The van der Waals surface area contributed by atoms with E-state index in [2.05, 4.69) is 14.9 Å². The van der Waals surface area contributed by atoms with Crippen LogP contribution in [-0.2, 0) is 0 Å². The van der Waals surface area contributed by atoms with Crippen LogP contribution < -0.4 is 16.0 Å². The molecular formula is C12H13N3O2S. The zero-order valence-electron chi connectivity index (χ0n) is 9.73. The number of rotatable bonds is 1. The van der Waals surface area contributed by atoms with Crippen molar-refractivity contribution in [3.05, 3.63) is 38.9 Å². The summed E-state index contributed by atoms with van der Waals surface area (Å²) in [6.45, 7) is 2.04. The smallest absolute Gasteiger partial charge is 0.314 e. The van der Waals surface area contributed by atoms with Gasteiger partial charge in [-0.3, -0.25) is 9.59 Å². The molecule has 2 aromatic rings. The maximum Gasteiger partial charge on any atom is 0.314 e. The summed E-state index contributed by atoms with van der Waals surface area (Å²) in [7, 11) is 0. The second-order valence-corrected chi connectivity index (χ2v) is 5.46. The summed E-state index contributed by atoms with van der Waals surface area (Å²) in [6.07, 6.45) is 0. The minimum Gasteiger partial charge on any atom is -0.370 e. The predicted molar refractivity (Wildman–Crippen MR) is 74.7 cm³/mol. The lowest BCUT2D eigenvalue weighted by molar-refractivity contribution is 0.859. The normalized spacial score (nSPS) is 16.1. The molecule has 0 unspecified atom stereocenters. The van der Waals surface area contributed by atoms with Crippen molar-refractivity contribution < 1.29 is 0 Å². The Morgan fingerprint density at radius 3 is 2.39 bits per heavy atom. The molecule has 2 N–H and O–H groups in total. The Labute approximate surface area is 107 Å². The molecule has 1 aromatic carbocycles. The summed E-state index contributed by atoms with van der Waals surface area (Å²) < 4.78 is 0. The van der Waals surface area contributed by atoms with Gasteiger partial charge in [0.2, 0.25) is 0 Å². The third kappa shape index (κ3) is 2.03. The molecule has 6 heteroatoms. The standard InChI is InChI=1S/C12H13N3O2S/c16-11-12(17)14-10-7-8(1-2-9(10)13-11)15-3-5-18-6-4-15/h1-2,7H,3-6H2,(H,13,16)(H,14,17). The van der Waals surface area contributed by atoms with E-state index in [1.807, 2.05) is 30.0 Å². The highest BCUT2D eigenvalue weighted by Gasteiger charge is 2.11. The van der Waals surface area contributed by atoms with Crippen LogP contribution in [0.3, 0.4) is 0 Å². The first-order valence-corrected chi connectivity index (χ1v) is 6.98. The van der Waals surface area contributed by atoms with Crippen molar-refractivity contribution in [3.8, 4) is 0 Å². The van der Waals surface area contributed by atoms with Gasteiger partial charge in [-0.25, -0.2) is 0 Å². The second kappa shape index (κ2) is 4.53. The Kier molecular flexibility index (Phi) is 2.87. The average molecular weight is 263 g/mol. The maximum atomic E-state index is 11.3. The monoisotopic (exact) mass is 263 g/mol. The first kappa shape index (κ1) is 11.4. The fourth-order valence-corrected chi connectivity index (χ4v) is 3.02. The Balaban J connectivity index is 2.07. The lowest BCUT2D eigenvalue weighted by Gasteiger charge is -2.28. The fraction of sp³-hybridized carbons (Fsp3) is 0.333. The highest BCUT2D eigenvalue weighted by molar-refractivity contribution is 7.99. The van der Waals surface area contributed by atoms with Crippen molar-refractivity contribution in [2.45, 2.75) is 0 Å². The third-order valence-electron chi connectivity index (χ3n) is 3.08. The van der Waals surface area contributed by atoms with Gasteiger partial charge in [-0.2, -0.15) is 11.8 Å². The number of thioether (sulfide) groups is 1. The van der Waals surface area contributed by atoms with E-state index in [-0.39, 0.29) is 0 Å². The van der Waals surface area contributed by atoms with Crippen LogP contribution in [0, 0.1) is 0 Å². The van der Waals surface area contributed by atoms with E-state index in [0.717, 1.165) is 30.3 Å². The molecule has 0 amide bonds. The molecule has 0 spiro atoms. The van der Waals surface area contributed by atoms with Crippen molar-refractivity contribution in [2.24, 2.45) is 0 Å². The van der Waals surface area contributed by atoms with Gasteiger partial charge < -0.3 is 14.9 Å². The molecule has 3 rings (SSSR count). The molecule has 0 aliphatic carbocycles. The van der Waals surface area contributed by atoms with Crippen LogP contribution in [0.2, 0.25) is 0 Å². The number of nitrogens with one attached hydrogen (secondary N) is 2. The number of aromatic nitrogens is 2. The van der Waals surface area contributed by atoms with Crippen LogP contribution in [0.15, 0.2) is 27.8 Å². The number of nitrogens with zero attached hydrogens (tertiary/aromatic N) is 1. The van der Waals surface area contributed by atoms with Crippen LogP contribution in [0.1, 0.15) is 0 Å². The van der Waals surface area contributed by atoms with Gasteiger partial charge in [0.15, 0.2) is 0 Å². The molecule has 1 aromatic heterocycles. The topological polar surface area (TPSA) is 69.0 Å². The summed E-state index contributed by atoms with van der Waals surface area (Å²) in [5.74, 6) is 2.25. The van der Waals surface area contributed by atoms with Gasteiger partial charge in [-0.05, 0) is 18.2 Å². The van der Waals surface area contributed by atoms with E-state index in [9.17, 15) is 9.59 Å². The number of H-pyrrole nitrogens is 2. The Morgan fingerprint density at radius 1 is 1.00 bits per heavy atom. The highest BCUT2D eigenvalue weighted by Crippen LogP contribution is 2.21. The van der Waals surface area contributed by atoms with Crippen molar-refractivity contribution in [2.75, 3.05) is 29.5 Å². The molecule has 0 saturated carbocycles. The quantitative estimate of drug-likeness (QED) is 0.746. The van der Waals surface area contributed by atoms with Gasteiger partial charge in [0, 0.05) is 30.3 Å². The molecule has 0 radical (unpaired) electrons. The number of hydrogen-bond acceptors (Lipinski definition) is 4. The Hall–Kier alpha value is -1.69. The van der Waals surface area contributed by atoms with E-state index in [1.54, 1.807) is 0 Å². The Bertz CT molecular complexity index is 686. The molecule has 0 atom stereocenters. The molecule has 18 heavy (non-hydrogen) atoms. The third-order valence-corrected chi connectivity index (χ3v) is 4.02. The number of aromatic amines is 2. The minimum absolute atomic E-state index is 0.603. The summed E-state index contributed by atoms with van der Waals surface area (Å²) in [5.41, 5.74) is 1.22. The maximum absolute atomic E-state index is 11.3. The summed E-state index contributed by atoms with van der Waals surface area (Å²) in [4.78, 5) is 30.0.